The molecular weight excluding hydrogens is 210 g/mol. The Hall–Kier alpha value is -0.0800. The van der Waals surface area contributed by atoms with E-state index < -0.39 is 0 Å². The molecule has 2 unspecified atom stereocenters. The number of rotatable bonds is 8. The Kier molecular flexibility index (Phi) is 4.48. The molecule has 2 fully saturated rings. The maximum Gasteiger partial charge on any atom is 0.0462 e. The van der Waals surface area contributed by atoms with Crippen LogP contribution in [0.4, 0.5) is 0 Å². The second-order valence-corrected chi connectivity index (χ2v) is 6.79. The fourth-order valence-corrected chi connectivity index (χ4v) is 3.66. The zero-order chi connectivity index (χ0) is 12.3. The molecule has 0 aromatic heterocycles. The molecule has 0 spiro atoms. The van der Waals surface area contributed by atoms with Gasteiger partial charge in [0, 0.05) is 20.3 Å². The van der Waals surface area contributed by atoms with Gasteiger partial charge in [-0.2, -0.15) is 0 Å². The van der Waals surface area contributed by atoms with Crippen LogP contribution in [0.15, 0.2) is 0 Å². The minimum absolute atomic E-state index is 0.612. The summed E-state index contributed by atoms with van der Waals surface area (Å²) in [5, 5.41) is 3.69. The number of methoxy groups -OCH3 is 1. The number of hydrogen-bond acceptors (Lipinski definition) is 2. The highest BCUT2D eigenvalue weighted by Crippen LogP contribution is 2.61. The smallest absolute Gasteiger partial charge is 0.0462 e. The van der Waals surface area contributed by atoms with Gasteiger partial charge in [0.15, 0.2) is 0 Å². The van der Waals surface area contributed by atoms with Crippen LogP contribution in [0.5, 0.6) is 0 Å². The molecule has 1 N–H and O–H groups in total. The van der Waals surface area contributed by atoms with Gasteiger partial charge in [-0.25, -0.2) is 0 Å². The van der Waals surface area contributed by atoms with Crippen LogP contribution in [0.3, 0.4) is 0 Å². The fraction of sp³-hybridized carbons (Fsp3) is 1.00. The lowest BCUT2D eigenvalue weighted by atomic mass is 9.78. The van der Waals surface area contributed by atoms with Crippen molar-refractivity contribution in [3.05, 3.63) is 0 Å². The maximum atomic E-state index is 5.21. The molecule has 2 rings (SSSR count). The summed E-state index contributed by atoms with van der Waals surface area (Å²) >= 11 is 0. The zero-order valence-corrected chi connectivity index (χ0v) is 11.8. The van der Waals surface area contributed by atoms with Crippen molar-refractivity contribution in [3.8, 4) is 0 Å². The highest BCUT2D eigenvalue weighted by Gasteiger charge is 2.52. The van der Waals surface area contributed by atoms with Crippen LogP contribution in [0.2, 0.25) is 0 Å². The van der Waals surface area contributed by atoms with Crippen LogP contribution >= 0.6 is 0 Å². The summed E-state index contributed by atoms with van der Waals surface area (Å²) in [5.41, 5.74) is 0.612. The van der Waals surface area contributed by atoms with Crippen LogP contribution in [0.25, 0.3) is 0 Å². The van der Waals surface area contributed by atoms with Crippen LogP contribution in [-0.2, 0) is 4.74 Å². The molecule has 0 heterocycles. The molecule has 0 aromatic rings. The van der Waals surface area contributed by atoms with E-state index in [0.717, 1.165) is 24.4 Å². The molecule has 2 heteroatoms. The fourth-order valence-electron chi connectivity index (χ4n) is 3.66. The summed E-state index contributed by atoms with van der Waals surface area (Å²) in [7, 11) is 1.82. The molecule has 0 aliphatic heterocycles. The number of fused-ring (bicyclic) bond motifs is 1. The van der Waals surface area contributed by atoms with E-state index in [0.29, 0.717) is 5.41 Å². The summed E-state index contributed by atoms with van der Waals surface area (Å²) in [6.45, 7) is 7.91. The van der Waals surface area contributed by atoms with E-state index in [2.05, 4.69) is 19.2 Å². The molecule has 0 aromatic carbocycles. The van der Waals surface area contributed by atoms with Crippen LogP contribution in [0, 0.1) is 23.2 Å². The quantitative estimate of drug-likeness (QED) is 0.657. The lowest BCUT2D eigenvalue weighted by Gasteiger charge is -2.32. The molecule has 0 bridgehead atoms. The molecular formula is C15H29NO. The predicted octanol–water partition coefficient (Wildman–Crippen LogP) is 3.07. The first-order valence-electron chi connectivity index (χ1n) is 7.35. The molecule has 17 heavy (non-hydrogen) atoms. The summed E-state index contributed by atoms with van der Waals surface area (Å²) < 4.78 is 5.21. The van der Waals surface area contributed by atoms with Crippen molar-refractivity contribution in [1.82, 2.24) is 5.32 Å². The Morgan fingerprint density at radius 3 is 2.59 bits per heavy atom. The highest BCUT2D eigenvalue weighted by molar-refractivity contribution is 5.04. The highest BCUT2D eigenvalue weighted by atomic mass is 16.5. The van der Waals surface area contributed by atoms with Gasteiger partial charge in [-0.3, -0.25) is 0 Å². The summed E-state index contributed by atoms with van der Waals surface area (Å²) in [6.07, 6.45) is 7.08. The average molecular weight is 239 g/mol. The minimum atomic E-state index is 0.612. The third-order valence-corrected chi connectivity index (χ3v) is 4.57. The van der Waals surface area contributed by atoms with E-state index in [-0.39, 0.29) is 0 Å². The van der Waals surface area contributed by atoms with Crippen molar-refractivity contribution in [2.75, 3.05) is 26.8 Å². The Morgan fingerprint density at radius 1 is 1.29 bits per heavy atom. The van der Waals surface area contributed by atoms with Gasteiger partial charge in [0.1, 0.15) is 0 Å². The van der Waals surface area contributed by atoms with E-state index in [1.54, 1.807) is 0 Å². The van der Waals surface area contributed by atoms with Gasteiger partial charge < -0.3 is 10.1 Å². The van der Waals surface area contributed by atoms with Crippen molar-refractivity contribution in [3.63, 3.8) is 0 Å². The Bertz CT molecular complexity index is 229. The van der Waals surface area contributed by atoms with Crippen molar-refractivity contribution >= 4 is 0 Å². The number of ether oxygens (including phenoxy) is 1. The minimum Gasteiger partial charge on any atom is -0.385 e. The molecule has 100 valence electrons. The van der Waals surface area contributed by atoms with Crippen LogP contribution in [0.1, 0.15) is 46.0 Å². The predicted molar refractivity (Wildman–Crippen MR) is 72.1 cm³/mol. The van der Waals surface area contributed by atoms with Gasteiger partial charge in [-0.1, -0.05) is 13.8 Å². The molecule has 0 saturated heterocycles. The normalized spacial score (nSPS) is 35.3. The van der Waals surface area contributed by atoms with E-state index in [4.69, 9.17) is 4.74 Å². The standard InChI is InChI=1S/C15H29NO/c1-12(2)10-16-11-15(5-4-6-17-3)8-13-7-14(13)9-15/h12-14,16H,4-11H2,1-3H3. The number of nitrogens with one attached hydrogen (secondary N) is 1. The molecule has 2 saturated carbocycles. The summed E-state index contributed by atoms with van der Waals surface area (Å²) in [4.78, 5) is 0. The largest absolute Gasteiger partial charge is 0.385 e. The van der Waals surface area contributed by atoms with Gasteiger partial charge in [0.2, 0.25) is 0 Å². The third kappa shape index (κ3) is 3.69. The first kappa shape index (κ1) is 13.4. The summed E-state index contributed by atoms with van der Waals surface area (Å²) in [6, 6.07) is 0. The van der Waals surface area contributed by atoms with Gasteiger partial charge in [-0.05, 0) is 61.8 Å². The first-order valence-corrected chi connectivity index (χ1v) is 7.35. The third-order valence-electron chi connectivity index (χ3n) is 4.57. The molecule has 2 aliphatic carbocycles. The Balaban J connectivity index is 1.76. The molecule has 0 radical (unpaired) electrons. The molecule has 2 atom stereocenters. The van der Waals surface area contributed by atoms with Crippen LogP contribution in [-0.4, -0.2) is 26.8 Å². The average Bonchev–Trinajstić information content (AvgIpc) is 2.87. The zero-order valence-electron chi connectivity index (χ0n) is 11.8. The lowest BCUT2D eigenvalue weighted by Crippen LogP contribution is -2.35. The van der Waals surface area contributed by atoms with E-state index >= 15 is 0 Å². The summed E-state index contributed by atoms with van der Waals surface area (Å²) in [5.74, 6) is 2.93. The monoisotopic (exact) mass is 239 g/mol. The van der Waals surface area contributed by atoms with Gasteiger partial charge in [-0.15, -0.1) is 0 Å². The Labute approximate surface area is 107 Å². The second kappa shape index (κ2) is 5.71. The van der Waals surface area contributed by atoms with Crippen molar-refractivity contribution in [2.24, 2.45) is 23.2 Å². The van der Waals surface area contributed by atoms with Crippen LogP contribution < -0.4 is 5.32 Å². The number of hydrogen-bond donors (Lipinski definition) is 1. The molecule has 2 aliphatic rings. The lowest BCUT2D eigenvalue weighted by molar-refractivity contribution is 0.156. The molecule has 0 amide bonds. The van der Waals surface area contributed by atoms with E-state index in [1.165, 1.54) is 45.2 Å². The van der Waals surface area contributed by atoms with Crippen molar-refractivity contribution in [2.45, 2.75) is 46.0 Å². The topological polar surface area (TPSA) is 21.3 Å². The van der Waals surface area contributed by atoms with Crippen molar-refractivity contribution in [1.29, 1.82) is 0 Å². The van der Waals surface area contributed by atoms with Gasteiger partial charge in [0.05, 0.1) is 0 Å². The second-order valence-electron chi connectivity index (χ2n) is 6.79. The van der Waals surface area contributed by atoms with E-state index in [9.17, 15) is 0 Å². The SMILES string of the molecule is COCCCC1(CNCC(C)C)CC2CC2C1. The van der Waals surface area contributed by atoms with Gasteiger partial charge in [0.25, 0.3) is 0 Å². The first-order chi connectivity index (χ1) is 8.15. The Morgan fingerprint density at radius 2 is 2.00 bits per heavy atom. The molecule has 2 nitrogen and oxygen atoms in total. The maximum absolute atomic E-state index is 5.21. The van der Waals surface area contributed by atoms with Gasteiger partial charge >= 0.3 is 0 Å². The van der Waals surface area contributed by atoms with E-state index in [1.807, 2.05) is 7.11 Å². The van der Waals surface area contributed by atoms with Crippen molar-refractivity contribution < 1.29 is 4.74 Å².